The van der Waals surface area contributed by atoms with E-state index in [2.05, 4.69) is 283 Å². The largest absolute Gasteiger partial charge is 0.310 e. The maximum absolute atomic E-state index is 3.97. The molecule has 12 aromatic rings. The van der Waals surface area contributed by atoms with E-state index in [0.717, 1.165) is 40.4 Å². The molecule has 74 heavy (non-hydrogen) atoms. The van der Waals surface area contributed by atoms with E-state index in [4.69, 9.17) is 0 Å². The lowest BCUT2D eigenvalue weighted by atomic mass is 9.77. The fourth-order valence-electron chi connectivity index (χ4n) is 12.3. The minimum Gasteiger partial charge on any atom is -0.310 e. The highest BCUT2D eigenvalue weighted by atomic mass is 15.1. The second-order valence-electron chi connectivity index (χ2n) is 20.5. The number of allylic oxidation sites excluding steroid dienone is 4. The van der Waals surface area contributed by atoms with Gasteiger partial charge in [0.1, 0.15) is 0 Å². The second-order valence-corrected chi connectivity index (χ2v) is 20.5. The van der Waals surface area contributed by atoms with Gasteiger partial charge in [-0.2, -0.15) is 0 Å². The Labute approximate surface area is 432 Å². The van der Waals surface area contributed by atoms with Crippen LogP contribution in [0, 0.1) is 0 Å². The third kappa shape index (κ3) is 7.03. The van der Waals surface area contributed by atoms with Gasteiger partial charge in [-0.3, -0.25) is 0 Å². The molecule has 2 heterocycles. The van der Waals surface area contributed by atoms with Crippen LogP contribution in [0.25, 0.3) is 88.9 Å². The molecule has 1 unspecified atom stereocenters. The molecular formula is C71H53N3. The molecule has 0 saturated carbocycles. The molecule has 0 spiro atoms. The van der Waals surface area contributed by atoms with Crippen LogP contribution in [0.2, 0.25) is 0 Å². The minimum atomic E-state index is -0.203. The van der Waals surface area contributed by atoms with Crippen molar-refractivity contribution in [3.8, 4) is 33.6 Å². The smallest absolute Gasteiger partial charge is 0.0541 e. The fraction of sp³-hybridized carbons (Fsp3) is 0.0704. The molecule has 0 saturated heterocycles. The van der Waals surface area contributed by atoms with Crippen LogP contribution in [0.5, 0.6) is 0 Å². The topological polar surface area (TPSA) is 13.1 Å². The molecular weight excluding hydrogens is 895 g/mol. The number of fused-ring (bicyclic) bond motifs is 9. The van der Waals surface area contributed by atoms with E-state index in [-0.39, 0.29) is 11.3 Å². The molecule has 2 aliphatic rings. The lowest BCUT2D eigenvalue weighted by Gasteiger charge is -2.29. The highest BCUT2D eigenvalue weighted by Crippen LogP contribution is 2.55. The molecule has 0 amide bonds. The Hall–Kier alpha value is -9.18. The molecule has 10 aromatic carbocycles. The standard InChI is InChI=1S/C71H53N3/c1-4-47-22-32-56(33-23-47)74-69-21-13-10-18-63(69)64-44-52(31-43-70(64)74)53-30-41-59-60-42-40-58(46-66(60)71(2,3)65(59)45-53)72(54-34-24-49(25-35-54)48-14-6-5-7-15-48)55-36-26-50(27-37-55)51-28-38-57(39-29-51)73-67-19-11-8-16-61(67)62-17-9-12-20-68(62)73/h4-29,31-46,53H,1,30H2,2-3H3. The highest BCUT2D eigenvalue weighted by molar-refractivity contribution is 6.10. The summed E-state index contributed by atoms with van der Waals surface area (Å²) >= 11 is 0. The summed E-state index contributed by atoms with van der Waals surface area (Å²) in [6.45, 7) is 8.80. The van der Waals surface area contributed by atoms with Crippen LogP contribution in [0.15, 0.2) is 261 Å². The third-order valence-corrected chi connectivity index (χ3v) is 16.0. The van der Waals surface area contributed by atoms with Crippen LogP contribution in [0.4, 0.5) is 17.1 Å². The second kappa shape index (κ2) is 17.3. The van der Waals surface area contributed by atoms with E-state index in [1.54, 1.807) is 0 Å². The first-order valence-electron chi connectivity index (χ1n) is 25.9. The number of hydrogen-bond acceptors (Lipinski definition) is 1. The van der Waals surface area contributed by atoms with E-state index in [9.17, 15) is 0 Å². The summed E-state index contributed by atoms with van der Waals surface area (Å²) < 4.78 is 4.78. The van der Waals surface area contributed by atoms with E-state index >= 15 is 0 Å². The van der Waals surface area contributed by atoms with Gasteiger partial charge in [0, 0.05) is 61.3 Å². The van der Waals surface area contributed by atoms with E-state index in [0.29, 0.717) is 0 Å². The van der Waals surface area contributed by atoms with E-state index in [1.165, 1.54) is 93.7 Å². The lowest BCUT2D eigenvalue weighted by molar-refractivity contribution is 0.648. The Kier molecular flexibility index (Phi) is 10.2. The quantitative estimate of drug-likeness (QED) is 0.141. The van der Waals surface area contributed by atoms with Crippen LogP contribution in [0.3, 0.4) is 0 Å². The number of para-hydroxylation sites is 3. The minimum absolute atomic E-state index is 0.203. The van der Waals surface area contributed by atoms with E-state index < -0.39 is 0 Å². The van der Waals surface area contributed by atoms with Crippen molar-refractivity contribution < 1.29 is 0 Å². The third-order valence-electron chi connectivity index (χ3n) is 16.0. The predicted octanol–water partition coefficient (Wildman–Crippen LogP) is 19.1. The predicted molar refractivity (Wildman–Crippen MR) is 314 cm³/mol. The van der Waals surface area contributed by atoms with Gasteiger partial charge < -0.3 is 14.0 Å². The first-order chi connectivity index (χ1) is 36.4. The Morgan fingerprint density at radius 2 is 0.932 bits per heavy atom. The first kappa shape index (κ1) is 43.6. The summed E-state index contributed by atoms with van der Waals surface area (Å²) in [7, 11) is 0. The fourth-order valence-corrected chi connectivity index (χ4v) is 12.3. The van der Waals surface area contributed by atoms with Crippen LogP contribution in [0.1, 0.15) is 48.4 Å². The summed E-state index contributed by atoms with van der Waals surface area (Å²) in [6, 6.07) is 87.0. The molecule has 0 radical (unpaired) electrons. The van der Waals surface area contributed by atoms with Gasteiger partial charge in [-0.15, -0.1) is 0 Å². The van der Waals surface area contributed by atoms with Gasteiger partial charge >= 0.3 is 0 Å². The number of anilines is 3. The Morgan fingerprint density at radius 1 is 0.459 bits per heavy atom. The van der Waals surface area contributed by atoms with Gasteiger partial charge in [0.25, 0.3) is 0 Å². The van der Waals surface area contributed by atoms with Crippen LogP contribution >= 0.6 is 0 Å². The zero-order valence-electron chi connectivity index (χ0n) is 41.6. The van der Waals surface area contributed by atoms with Crippen molar-refractivity contribution in [3.05, 3.63) is 283 Å². The van der Waals surface area contributed by atoms with Crippen molar-refractivity contribution in [1.29, 1.82) is 0 Å². The van der Waals surface area contributed by atoms with Gasteiger partial charge in [0.15, 0.2) is 0 Å². The van der Waals surface area contributed by atoms with E-state index in [1.807, 2.05) is 6.08 Å². The Bertz CT molecular complexity index is 4170. The molecule has 0 bridgehead atoms. The molecule has 2 aliphatic carbocycles. The molecule has 0 aliphatic heterocycles. The molecule has 0 fully saturated rings. The molecule has 3 heteroatoms. The molecule has 1 atom stereocenters. The summed E-state index contributed by atoms with van der Waals surface area (Å²) in [4.78, 5) is 2.42. The number of rotatable bonds is 9. The van der Waals surface area contributed by atoms with Gasteiger partial charge in [-0.1, -0.05) is 184 Å². The molecule has 0 N–H and O–H groups in total. The van der Waals surface area contributed by atoms with Crippen molar-refractivity contribution in [3.63, 3.8) is 0 Å². The summed E-state index contributed by atoms with van der Waals surface area (Å²) in [5.74, 6) is 0.267. The lowest BCUT2D eigenvalue weighted by Crippen LogP contribution is -2.18. The average molecular weight is 948 g/mol. The zero-order chi connectivity index (χ0) is 49.5. The Morgan fingerprint density at radius 3 is 1.50 bits per heavy atom. The normalized spacial score (nSPS) is 14.8. The van der Waals surface area contributed by atoms with Crippen molar-refractivity contribution in [2.45, 2.75) is 31.6 Å². The van der Waals surface area contributed by atoms with Crippen molar-refractivity contribution >= 4 is 72.3 Å². The van der Waals surface area contributed by atoms with Gasteiger partial charge in [-0.25, -0.2) is 0 Å². The monoisotopic (exact) mass is 947 g/mol. The SMILES string of the molecule is C=Cc1ccc(-n2c3ccccc3c3cc(C4C=C5C(=CC4)c4ccc(N(c6ccc(-c7ccccc7)cc6)c6ccc(-c7ccc(-n8c9ccccc9c9ccccc98)cc7)cc6)cc4C5(C)C)ccc32)cc1. The van der Waals surface area contributed by atoms with Gasteiger partial charge in [0.2, 0.25) is 0 Å². The van der Waals surface area contributed by atoms with Crippen molar-refractivity contribution in [2.75, 3.05) is 4.90 Å². The molecule has 352 valence electrons. The maximum atomic E-state index is 3.97. The summed E-state index contributed by atoms with van der Waals surface area (Å²) in [5, 5.41) is 5.10. The maximum Gasteiger partial charge on any atom is 0.0541 e. The number of benzene rings is 10. The highest BCUT2D eigenvalue weighted by Gasteiger charge is 2.40. The number of hydrogen-bond donors (Lipinski definition) is 0. The van der Waals surface area contributed by atoms with Crippen molar-refractivity contribution in [2.24, 2.45) is 0 Å². The summed E-state index contributed by atoms with van der Waals surface area (Å²) in [5.41, 5.74) is 23.1. The van der Waals surface area contributed by atoms with Gasteiger partial charge in [0.05, 0.1) is 22.1 Å². The zero-order valence-corrected chi connectivity index (χ0v) is 41.6. The first-order valence-corrected chi connectivity index (χ1v) is 25.9. The summed E-state index contributed by atoms with van der Waals surface area (Å²) in [6.07, 6.45) is 7.95. The number of nitrogens with zero attached hydrogens (tertiary/aromatic N) is 3. The number of aromatic nitrogens is 2. The van der Waals surface area contributed by atoms with Crippen LogP contribution in [-0.4, -0.2) is 9.13 Å². The van der Waals surface area contributed by atoms with Crippen molar-refractivity contribution in [1.82, 2.24) is 9.13 Å². The molecule has 3 nitrogen and oxygen atoms in total. The molecule has 2 aromatic heterocycles. The van der Waals surface area contributed by atoms with Gasteiger partial charge in [-0.05, 0) is 153 Å². The molecule has 14 rings (SSSR count). The Balaban J connectivity index is 0.804. The van der Waals surface area contributed by atoms with Crippen LogP contribution in [-0.2, 0) is 5.41 Å². The van der Waals surface area contributed by atoms with Crippen LogP contribution < -0.4 is 4.90 Å². The average Bonchev–Trinajstić information content (AvgIpc) is 4.06.